The molecule has 0 N–H and O–H groups in total. The second-order valence-electron chi connectivity index (χ2n) is 8.35. The smallest absolute Gasteiger partial charge is 0.185 e. The summed E-state index contributed by atoms with van der Waals surface area (Å²) in [6.45, 7) is 6.33. The highest BCUT2D eigenvalue weighted by Gasteiger charge is 2.31. The van der Waals surface area contributed by atoms with Gasteiger partial charge in [0.05, 0.1) is 10.1 Å². The molecule has 0 heterocycles. The summed E-state index contributed by atoms with van der Waals surface area (Å²) in [6.07, 6.45) is -0.117. The molecule has 0 amide bonds. The van der Waals surface area contributed by atoms with Crippen LogP contribution in [0.4, 0.5) is 0 Å². The lowest BCUT2D eigenvalue weighted by atomic mass is 9.86. The lowest BCUT2D eigenvalue weighted by Gasteiger charge is -2.22. The minimum Gasteiger partial charge on any atom is -0.294 e. The third-order valence-electron chi connectivity index (χ3n) is 5.13. The molecule has 0 spiro atoms. The predicted octanol–water partition coefficient (Wildman–Crippen LogP) is 6.53. The van der Waals surface area contributed by atoms with Crippen LogP contribution in [0.5, 0.6) is 0 Å². The van der Waals surface area contributed by atoms with Crippen molar-refractivity contribution in [1.29, 1.82) is 0 Å². The zero-order valence-electron chi connectivity index (χ0n) is 17.3. The number of ketones is 1. The van der Waals surface area contributed by atoms with Crippen LogP contribution in [0.1, 0.15) is 53.9 Å². The molecular weight excluding hydrogens is 460 g/mol. The Hall–Kier alpha value is -2.24. The van der Waals surface area contributed by atoms with E-state index in [0.29, 0.717) is 11.1 Å². The van der Waals surface area contributed by atoms with Gasteiger partial charge in [0, 0.05) is 16.5 Å². The first kappa shape index (κ1) is 22.4. The minimum atomic E-state index is -3.74. The molecule has 0 aliphatic rings. The molecule has 1 unspecified atom stereocenters. The number of hydrogen-bond donors (Lipinski definition) is 0. The zero-order valence-corrected chi connectivity index (χ0v) is 19.7. The van der Waals surface area contributed by atoms with E-state index in [1.165, 1.54) is 0 Å². The van der Waals surface area contributed by atoms with E-state index in [1.807, 2.05) is 24.3 Å². The van der Waals surface area contributed by atoms with Gasteiger partial charge in [-0.1, -0.05) is 91.3 Å². The Morgan fingerprint density at radius 1 is 0.867 bits per heavy atom. The van der Waals surface area contributed by atoms with Gasteiger partial charge < -0.3 is 0 Å². The van der Waals surface area contributed by atoms with E-state index in [2.05, 4.69) is 36.7 Å². The molecular formula is C25H25BrO3S. The minimum absolute atomic E-state index is 0.0421. The molecule has 0 fully saturated rings. The monoisotopic (exact) mass is 484 g/mol. The highest BCUT2D eigenvalue weighted by molar-refractivity contribution is 9.10. The standard InChI is InChI=1S/C25H25BrO3S/c1-25(2,3)20-13-9-19(10-14-20)24(30(28,29)22-7-5-4-6-8-22)17-23(27)18-11-15-21(26)16-12-18/h4-16,24H,17H2,1-3H3. The van der Waals surface area contributed by atoms with Crippen LogP contribution in [0.3, 0.4) is 0 Å². The second-order valence-corrected chi connectivity index (χ2v) is 11.4. The summed E-state index contributed by atoms with van der Waals surface area (Å²) >= 11 is 3.36. The van der Waals surface area contributed by atoms with Crippen LogP contribution in [0, 0.1) is 0 Å². The van der Waals surface area contributed by atoms with Gasteiger partial charge in [-0.25, -0.2) is 8.42 Å². The quantitative estimate of drug-likeness (QED) is 0.373. The highest BCUT2D eigenvalue weighted by Crippen LogP contribution is 2.34. The first-order chi connectivity index (χ1) is 14.1. The maximum Gasteiger partial charge on any atom is 0.185 e. The van der Waals surface area contributed by atoms with Crippen molar-refractivity contribution in [3.8, 4) is 0 Å². The van der Waals surface area contributed by atoms with Crippen LogP contribution >= 0.6 is 15.9 Å². The number of benzene rings is 3. The summed E-state index contributed by atoms with van der Waals surface area (Å²) in [5.74, 6) is -0.202. The zero-order chi connectivity index (χ0) is 21.9. The Morgan fingerprint density at radius 2 is 1.43 bits per heavy atom. The van der Waals surface area contributed by atoms with E-state index >= 15 is 0 Å². The molecule has 0 bridgehead atoms. The number of sulfone groups is 1. The number of carbonyl (C=O) groups excluding carboxylic acids is 1. The van der Waals surface area contributed by atoms with Crippen molar-refractivity contribution in [2.45, 2.75) is 42.8 Å². The van der Waals surface area contributed by atoms with Gasteiger partial charge in [-0.3, -0.25) is 4.79 Å². The first-order valence-corrected chi connectivity index (χ1v) is 12.1. The molecule has 30 heavy (non-hydrogen) atoms. The Bertz CT molecular complexity index is 1110. The lowest BCUT2D eigenvalue weighted by molar-refractivity contribution is 0.0980. The fourth-order valence-corrected chi connectivity index (χ4v) is 5.32. The first-order valence-electron chi connectivity index (χ1n) is 9.77. The van der Waals surface area contributed by atoms with Crippen LogP contribution < -0.4 is 0 Å². The molecule has 0 aromatic heterocycles. The van der Waals surface area contributed by atoms with Gasteiger partial charge in [0.25, 0.3) is 0 Å². The SMILES string of the molecule is CC(C)(C)c1ccc(C(CC(=O)c2ccc(Br)cc2)S(=O)(=O)c2ccccc2)cc1. The van der Waals surface area contributed by atoms with Crippen LogP contribution in [0.25, 0.3) is 0 Å². The van der Waals surface area contributed by atoms with Crippen molar-refractivity contribution in [3.63, 3.8) is 0 Å². The number of carbonyl (C=O) groups is 1. The average Bonchev–Trinajstić information content (AvgIpc) is 2.72. The summed E-state index contributed by atoms with van der Waals surface area (Å²) < 4.78 is 27.8. The Balaban J connectivity index is 2.02. The largest absolute Gasteiger partial charge is 0.294 e. The summed E-state index contributed by atoms with van der Waals surface area (Å²) in [7, 11) is -3.74. The van der Waals surface area contributed by atoms with E-state index in [0.717, 1.165) is 10.0 Å². The van der Waals surface area contributed by atoms with Crippen molar-refractivity contribution in [2.24, 2.45) is 0 Å². The van der Waals surface area contributed by atoms with Crippen LogP contribution in [-0.2, 0) is 15.3 Å². The molecule has 1 atom stereocenters. The van der Waals surface area contributed by atoms with Gasteiger partial charge in [0.1, 0.15) is 0 Å². The molecule has 0 radical (unpaired) electrons. The van der Waals surface area contributed by atoms with Crippen molar-refractivity contribution in [1.82, 2.24) is 0 Å². The topological polar surface area (TPSA) is 51.2 Å². The molecule has 156 valence electrons. The van der Waals surface area contributed by atoms with Gasteiger partial charge in [-0.15, -0.1) is 0 Å². The van der Waals surface area contributed by atoms with Gasteiger partial charge in [0.15, 0.2) is 15.6 Å². The lowest BCUT2D eigenvalue weighted by Crippen LogP contribution is -2.18. The molecule has 0 saturated carbocycles. The summed E-state index contributed by atoms with van der Waals surface area (Å²) in [5, 5.41) is -0.954. The molecule has 3 rings (SSSR count). The number of hydrogen-bond acceptors (Lipinski definition) is 3. The van der Waals surface area contributed by atoms with E-state index < -0.39 is 15.1 Å². The van der Waals surface area contributed by atoms with Crippen molar-refractivity contribution in [3.05, 3.63) is 100 Å². The molecule has 5 heteroatoms. The van der Waals surface area contributed by atoms with Crippen LogP contribution in [0.2, 0.25) is 0 Å². The fraction of sp³-hybridized carbons (Fsp3) is 0.240. The van der Waals surface area contributed by atoms with E-state index in [9.17, 15) is 13.2 Å². The normalized spacial score (nSPS) is 13.1. The van der Waals surface area contributed by atoms with Gasteiger partial charge in [-0.05, 0) is 40.8 Å². The van der Waals surface area contributed by atoms with E-state index in [1.54, 1.807) is 54.6 Å². The van der Waals surface area contributed by atoms with Gasteiger partial charge in [-0.2, -0.15) is 0 Å². The molecule has 0 aliphatic carbocycles. The molecule has 3 aromatic rings. The average molecular weight is 485 g/mol. The van der Waals surface area contributed by atoms with Crippen molar-refractivity contribution < 1.29 is 13.2 Å². The summed E-state index contributed by atoms with van der Waals surface area (Å²) in [4.78, 5) is 13.2. The number of Topliss-reactive ketones (excluding diaryl/α,β-unsaturated/α-hetero) is 1. The van der Waals surface area contributed by atoms with Crippen molar-refractivity contribution in [2.75, 3.05) is 0 Å². The summed E-state index contributed by atoms with van der Waals surface area (Å²) in [5.41, 5.74) is 2.19. The van der Waals surface area contributed by atoms with E-state index in [-0.39, 0.29) is 22.5 Å². The third-order valence-corrected chi connectivity index (χ3v) is 7.78. The van der Waals surface area contributed by atoms with Crippen molar-refractivity contribution >= 4 is 31.6 Å². The third kappa shape index (κ3) is 5.08. The number of rotatable bonds is 6. The second kappa shape index (κ2) is 8.86. The van der Waals surface area contributed by atoms with Gasteiger partial charge in [0.2, 0.25) is 0 Å². The Kier molecular flexibility index (Phi) is 6.63. The maximum atomic E-state index is 13.5. The molecule has 0 aliphatic heterocycles. The predicted molar refractivity (Wildman–Crippen MR) is 125 cm³/mol. The maximum absolute atomic E-state index is 13.5. The Morgan fingerprint density at radius 3 is 1.97 bits per heavy atom. The molecule has 3 aromatic carbocycles. The van der Waals surface area contributed by atoms with E-state index in [4.69, 9.17) is 0 Å². The molecule has 3 nitrogen and oxygen atoms in total. The van der Waals surface area contributed by atoms with Crippen LogP contribution in [-0.4, -0.2) is 14.2 Å². The fourth-order valence-electron chi connectivity index (χ4n) is 3.30. The van der Waals surface area contributed by atoms with Gasteiger partial charge >= 0.3 is 0 Å². The molecule has 0 saturated heterocycles. The Labute approximate surface area is 187 Å². The highest BCUT2D eigenvalue weighted by atomic mass is 79.9. The number of halogens is 1. The summed E-state index contributed by atoms with van der Waals surface area (Å²) in [6, 6.07) is 22.9. The van der Waals surface area contributed by atoms with Crippen LogP contribution in [0.15, 0.2) is 88.2 Å².